The molecule has 0 aliphatic rings. The van der Waals surface area contributed by atoms with E-state index < -0.39 is 0 Å². The zero-order valence-electron chi connectivity index (χ0n) is 6.76. The molecule has 0 aliphatic carbocycles. The zero-order valence-corrected chi connectivity index (χ0v) is 7.52. The Hall–Kier alpha value is -0.425. The van der Waals surface area contributed by atoms with E-state index in [2.05, 4.69) is 0 Å². The van der Waals surface area contributed by atoms with Crippen molar-refractivity contribution in [2.75, 3.05) is 0 Å². The summed E-state index contributed by atoms with van der Waals surface area (Å²) in [5.74, 6) is 0. The van der Waals surface area contributed by atoms with Crippen LogP contribution in [0, 0.1) is 0 Å². The predicted molar refractivity (Wildman–Crippen MR) is 50.2 cm³/mol. The van der Waals surface area contributed by atoms with E-state index in [9.17, 15) is 0 Å². The Bertz CT molecular complexity index is 250. The molecule has 1 aromatic rings. The second kappa shape index (κ2) is 2.90. The molecule has 0 nitrogen and oxygen atoms in total. The van der Waals surface area contributed by atoms with Gasteiger partial charge in [-0.15, -0.1) is 0 Å². The van der Waals surface area contributed by atoms with Gasteiger partial charge < -0.3 is 0 Å². The van der Waals surface area contributed by atoms with E-state index in [0.29, 0.717) is 0 Å². The van der Waals surface area contributed by atoms with Gasteiger partial charge in [0.1, 0.15) is 0 Å². The fraction of sp³-hybridized carbons (Fsp3) is 0.333. The summed E-state index contributed by atoms with van der Waals surface area (Å²) in [6.07, 6.45) is 0. The molecule has 0 saturated carbocycles. The molecule has 1 rings (SSSR count). The molecule has 0 spiro atoms. The molecule has 2 heteroatoms. The summed E-state index contributed by atoms with van der Waals surface area (Å²) in [7, 11) is 5.87. The van der Waals surface area contributed by atoms with Crippen LogP contribution in [0.1, 0.15) is 19.4 Å². The minimum atomic E-state index is -0.301. The van der Waals surface area contributed by atoms with E-state index in [-0.39, 0.29) is 5.31 Å². The summed E-state index contributed by atoms with van der Waals surface area (Å²) < 4.78 is 0. The Balaban J connectivity index is 3.06. The Labute approximate surface area is 74.0 Å². The largest absolute Gasteiger partial charge is 0.0843 e. The third-order valence-corrected chi connectivity index (χ3v) is 1.80. The highest BCUT2D eigenvalue weighted by atomic mass is 35.5. The second-order valence-corrected chi connectivity index (χ2v) is 3.67. The van der Waals surface area contributed by atoms with Crippen LogP contribution in [-0.2, 0) is 5.31 Å². The first-order chi connectivity index (χ1) is 5.00. The van der Waals surface area contributed by atoms with E-state index >= 15 is 0 Å². The first kappa shape index (κ1) is 8.67. The van der Waals surface area contributed by atoms with Crippen molar-refractivity contribution >= 4 is 19.4 Å². The third kappa shape index (κ3) is 2.26. The Morgan fingerprint density at radius 1 is 1.36 bits per heavy atom. The molecule has 0 atom stereocenters. The lowest BCUT2D eigenvalue weighted by atomic mass is 9.67. The van der Waals surface area contributed by atoms with E-state index in [1.165, 1.54) is 0 Å². The van der Waals surface area contributed by atoms with Gasteiger partial charge in [-0.25, -0.2) is 0 Å². The SMILES string of the molecule is [B]C(C)(C)c1cccc(Cl)c1. The van der Waals surface area contributed by atoms with Crippen molar-refractivity contribution in [3.8, 4) is 0 Å². The van der Waals surface area contributed by atoms with E-state index in [0.717, 1.165) is 10.6 Å². The molecule has 0 bridgehead atoms. The number of halogens is 1. The van der Waals surface area contributed by atoms with Crippen LogP contribution in [0.2, 0.25) is 5.02 Å². The fourth-order valence-electron chi connectivity index (χ4n) is 0.889. The van der Waals surface area contributed by atoms with Crippen LogP contribution in [0.15, 0.2) is 24.3 Å². The average Bonchev–Trinajstić information content (AvgIpc) is 1.86. The topological polar surface area (TPSA) is 0 Å². The molecule has 0 aliphatic heterocycles. The van der Waals surface area contributed by atoms with Gasteiger partial charge in [0.15, 0.2) is 0 Å². The van der Waals surface area contributed by atoms with Crippen LogP contribution in [0.5, 0.6) is 0 Å². The van der Waals surface area contributed by atoms with E-state index in [1.807, 2.05) is 38.1 Å². The highest BCUT2D eigenvalue weighted by molar-refractivity contribution is 6.30. The second-order valence-electron chi connectivity index (χ2n) is 3.23. The van der Waals surface area contributed by atoms with Gasteiger partial charge in [-0.2, -0.15) is 0 Å². The molecule has 0 unspecified atom stereocenters. The first-order valence-electron chi connectivity index (χ1n) is 3.55. The van der Waals surface area contributed by atoms with Gasteiger partial charge >= 0.3 is 0 Å². The summed E-state index contributed by atoms with van der Waals surface area (Å²) in [4.78, 5) is 0. The number of rotatable bonds is 1. The number of hydrogen-bond donors (Lipinski definition) is 0. The highest BCUT2D eigenvalue weighted by Gasteiger charge is 2.12. The molecule has 0 fully saturated rings. The normalized spacial score (nSPS) is 11.5. The van der Waals surface area contributed by atoms with Gasteiger partial charge in [0.25, 0.3) is 0 Å². The Morgan fingerprint density at radius 3 is 2.36 bits per heavy atom. The zero-order chi connectivity index (χ0) is 8.48. The number of benzene rings is 1. The van der Waals surface area contributed by atoms with Gasteiger partial charge in [-0.3, -0.25) is 0 Å². The minimum Gasteiger partial charge on any atom is -0.0843 e. The van der Waals surface area contributed by atoms with Gasteiger partial charge in [0.05, 0.1) is 7.85 Å². The fourth-order valence-corrected chi connectivity index (χ4v) is 1.08. The molecule has 1 aromatic carbocycles. The molecule has 0 heterocycles. The highest BCUT2D eigenvalue weighted by Crippen LogP contribution is 2.21. The maximum atomic E-state index is 5.87. The molecule has 0 saturated heterocycles. The maximum Gasteiger partial charge on any atom is 0.0802 e. The van der Waals surface area contributed by atoms with E-state index in [4.69, 9.17) is 19.4 Å². The summed E-state index contributed by atoms with van der Waals surface area (Å²) in [6.45, 7) is 3.91. The van der Waals surface area contributed by atoms with Gasteiger partial charge in [-0.05, 0) is 23.0 Å². The molecule has 11 heavy (non-hydrogen) atoms. The first-order valence-corrected chi connectivity index (χ1v) is 3.93. The van der Waals surface area contributed by atoms with Crippen LogP contribution in [0.25, 0.3) is 0 Å². The molecule has 0 N–H and O–H groups in total. The molecule has 56 valence electrons. The monoisotopic (exact) mass is 164 g/mol. The van der Waals surface area contributed by atoms with Crippen molar-refractivity contribution in [3.63, 3.8) is 0 Å². The average molecular weight is 164 g/mol. The summed E-state index contributed by atoms with van der Waals surface area (Å²) in [5, 5.41) is 0.436. The van der Waals surface area contributed by atoms with Crippen LogP contribution < -0.4 is 0 Å². The molecule has 0 amide bonds. The summed E-state index contributed by atoms with van der Waals surface area (Å²) in [6, 6.07) is 7.62. The molecule has 0 aromatic heterocycles. The maximum absolute atomic E-state index is 5.87. The van der Waals surface area contributed by atoms with Crippen molar-refractivity contribution in [3.05, 3.63) is 34.9 Å². The molecular formula is C9H10BCl. The lowest BCUT2D eigenvalue weighted by Gasteiger charge is -2.19. The summed E-state index contributed by atoms with van der Waals surface area (Å²) in [5.41, 5.74) is 1.06. The van der Waals surface area contributed by atoms with E-state index in [1.54, 1.807) is 0 Å². The lowest BCUT2D eigenvalue weighted by molar-refractivity contribution is 0.764. The van der Waals surface area contributed by atoms with Crippen molar-refractivity contribution in [2.45, 2.75) is 19.2 Å². The van der Waals surface area contributed by atoms with Crippen molar-refractivity contribution in [1.29, 1.82) is 0 Å². The van der Waals surface area contributed by atoms with Crippen LogP contribution >= 0.6 is 11.6 Å². The smallest absolute Gasteiger partial charge is 0.0802 e. The Kier molecular flexibility index (Phi) is 2.29. The minimum absolute atomic E-state index is 0.301. The van der Waals surface area contributed by atoms with Crippen LogP contribution in [0.3, 0.4) is 0 Å². The molecule has 2 radical (unpaired) electrons. The van der Waals surface area contributed by atoms with Gasteiger partial charge in [0, 0.05) is 5.02 Å². The lowest BCUT2D eigenvalue weighted by Crippen LogP contribution is -2.16. The van der Waals surface area contributed by atoms with Gasteiger partial charge in [-0.1, -0.05) is 37.6 Å². The summed E-state index contributed by atoms with van der Waals surface area (Å²) >= 11 is 5.80. The van der Waals surface area contributed by atoms with Crippen molar-refractivity contribution in [2.24, 2.45) is 0 Å². The molecular weight excluding hydrogens is 154 g/mol. The van der Waals surface area contributed by atoms with Crippen molar-refractivity contribution in [1.82, 2.24) is 0 Å². The third-order valence-electron chi connectivity index (χ3n) is 1.57. The quantitative estimate of drug-likeness (QED) is 0.560. The van der Waals surface area contributed by atoms with Crippen LogP contribution in [-0.4, -0.2) is 7.85 Å². The predicted octanol–water partition coefficient (Wildman–Crippen LogP) is 2.74. The Morgan fingerprint density at radius 2 is 2.00 bits per heavy atom. The van der Waals surface area contributed by atoms with Crippen molar-refractivity contribution < 1.29 is 0 Å². The van der Waals surface area contributed by atoms with Crippen LogP contribution in [0.4, 0.5) is 0 Å². The number of hydrogen-bond acceptors (Lipinski definition) is 0. The standard InChI is InChI=1S/C9H10BCl/c1-9(2,10)7-4-3-5-8(11)6-7/h3-6H,1-2H3. The van der Waals surface area contributed by atoms with Gasteiger partial charge in [0.2, 0.25) is 0 Å².